The molecule has 2 aliphatic rings. The number of carbonyl (C=O) groups is 5. The van der Waals surface area contributed by atoms with Gasteiger partial charge in [-0.1, -0.05) is 108 Å². The van der Waals surface area contributed by atoms with Crippen LogP contribution < -0.4 is 21.5 Å². The Morgan fingerprint density at radius 1 is 0.551 bits per heavy atom. The largest absolute Gasteiger partial charge is 1.00 e. The summed E-state index contributed by atoms with van der Waals surface area (Å²) in [5.41, 5.74) is 30.4. The number of carbonyl (C=O) groups excluding carboxylic acids is 4. The van der Waals surface area contributed by atoms with Crippen LogP contribution in [-0.4, -0.2) is 96.7 Å². The smallest absolute Gasteiger partial charge is 0.330 e. The molecule has 1 aromatic heterocycles. The summed E-state index contributed by atoms with van der Waals surface area (Å²) in [5, 5.41) is 64.7. The van der Waals surface area contributed by atoms with E-state index in [4.69, 9.17) is 34.9 Å². The van der Waals surface area contributed by atoms with Gasteiger partial charge in [-0.15, -0.1) is 0 Å². The topological polar surface area (TPSA) is 277 Å². The van der Waals surface area contributed by atoms with Crippen molar-refractivity contribution in [3.63, 3.8) is 0 Å². The van der Waals surface area contributed by atoms with E-state index in [-0.39, 0.29) is 89.4 Å². The lowest BCUT2D eigenvalue weighted by molar-refractivity contribution is -0.694. The van der Waals surface area contributed by atoms with Crippen molar-refractivity contribution < 1.29 is 106 Å². The molecule has 7 unspecified atom stereocenters. The van der Waals surface area contributed by atoms with Gasteiger partial charge in [0, 0.05) is 62.8 Å². The molecule has 2 fully saturated rings. The van der Waals surface area contributed by atoms with Crippen LogP contribution in [0.4, 0.5) is 0 Å². The van der Waals surface area contributed by atoms with Gasteiger partial charge in [-0.25, -0.2) is 14.6 Å². The van der Waals surface area contributed by atoms with E-state index >= 15 is 0 Å². The maximum absolute atomic E-state index is 12.3. The Kier molecular flexibility index (Phi) is 47.3. The number of aliphatic hydroxyl groups is 4. The highest BCUT2D eigenvalue weighted by Crippen LogP contribution is 2.36. The minimum Gasteiger partial charge on any atom is -1.00 e. The van der Waals surface area contributed by atoms with Gasteiger partial charge in [-0.05, 0) is 348 Å². The van der Waals surface area contributed by atoms with Gasteiger partial charge in [0.2, 0.25) is 5.51 Å². The number of thiazole rings is 1. The van der Waals surface area contributed by atoms with Crippen LogP contribution >= 0.6 is 11.3 Å². The lowest BCUT2D eigenvalue weighted by Gasteiger charge is -2.28. The Morgan fingerprint density at radius 2 is 0.932 bits per heavy atom. The fourth-order valence-corrected chi connectivity index (χ4v) is 14.1. The number of cyclic esters (lactones) is 1. The molecule has 9 rings (SSSR count). The highest BCUT2D eigenvalue weighted by Gasteiger charge is 2.30. The molecule has 656 valence electrons. The fourth-order valence-electron chi connectivity index (χ4n) is 13.0. The maximum atomic E-state index is 12.3. The molecule has 7 aromatic rings. The van der Waals surface area contributed by atoms with Crippen LogP contribution in [0.1, 0.15) is 312 Å². The van der Waals surface area contributed by atoms with Gasteiger partial charge in [-0.3, -0.25) is 29.7 Å². The third-order valence-corrected chi connectivity index (χ3v) is 23.2. The monoisotopic (exact) mass is 1720 g/mol. The van der Waals surface area contributed by atoms with Crippen molar-refractivity contribution in [2.45, 2.75) is 326 Å². The number of aldehydes is 1. The van der Waals surface area contributed by atoms with Crippen LogP contribution in [0.2, 0.25) is 0 Å². The summed E-state index contributed by atoms with van der Waals surface area (Å²) in [6, 6.07) is 24.2. The van der Waals surface area contributed by atoms with Gasteiger partial charge in [-0.2, -0.15) is 4.57 Å². The zero-order valence-electron chi connectivity index (χ0n) is 76.5. The summed E-state index contributed by atoms with van der Waals surface area (Å²) < 4.78 is 17.7. The minimum atomic E-state index is -0.875. The third kappa shape index (κ3) is 36.9. The van der Waals surface area contributed by atoms with Gasteiger partial charge in [0.15, 0.2) is 17.8 Å². The van der Waals surface area contributed by atoms with Crippen LogP contribution in [0.25, 0.3) is 0 Å². The van der Waals surface area contributed by atoms with E-state index < -0.39 is 30.1 Å². The van der Waals surface area contributed by atoms with Crippen LogP contribution in [-0.2, 0) is 51.3 Å². The van der Waals surface area contributed by atoms with Crippen molar-refractivity contribution in [2.75, 3.05) is 6.61 Å². The second-order valence-corrected chi connectivity index (χ2v) is 35.5. The number of rotatable bonds is 21. The zero-order valence-corrected chi connectivity index (χ0v) is 79.0. The molecule has 6 aromatic carbocycles. The molecule has 0 spiro atoms. The summed E-state index contributed by atoms with van der Waals surface area (Å²) in [6.45, 7) is 63.4. The summed E-state index contributed by atoms with van der Waals surface area (Å²) >= 11 is 1.73. The molecule has 0 radical (unpaired) electrons. The predicted octanol–water partition coefficient (Wildman–Crippen LogP) is 18.9. The summed E-state index contributed by atoms with van der Waals surface area (Å²) in [7, 11) is 0. The normalized spacial score (nSPS) is 15.1. The Labute approximate surface area is 721 Å². The number of Topliss-reactive ketones (excluding diaryl/α,β-unsaturated/α-hetero) is 1. The quantitative estimate of drug-likeness (QED) is 0.00670. The number of aliphatic hydroxyl groups excluding tert-OH is 4. The number of carboxylic acid groups (broad SMARTS) is 1. The maximum Gasteiger partial charge on any atom is 0.330 e. The standard InChI is InChI=1S/C17H28O3.C17H26O3.C13H18O3.C13H18O2.C13H16O2.C10H12O.C8H14NOS.C7H12O2.BrH/c2*1-11-9-14(10-12(2)13(11)3)15(18)7-8-16(20-19)17(4,5)6;1-8-6-11(7-9(2)10(8)3)12(14)4-5-13(15)16;2*1-8-6-11(7-9(2)10(8)3)12-4-5-13(14)15-12;1-7-4-10(6-11)5-8(2)9(7)3;1-3-9-6-11-8(4-5-10)7(9)2;1-5-6(8)9-7(2,3)4;/h9-10,15-16,18-19H,7-8H2,1-6H3;9-10,16,19H,7-8H2,1-6H3;6-7,12,14H,4-5H2,1-3H3,(H,15,16);6-7,12-14H,4-5H2,1-3H3;6-7,12H,4-5H2,1-3H3;4-6H,1-3H3;6,10H,3-5H2,1-2H3;5H,1H2,2-4H3;1H/q;;;;;;+1;;/p-1. The van der Waals surface area contributed by atoms with E-state index in [9.17, 15) is 39.3 Å². The van der Waals surface area contributed by atoms with Crippen molar-refractivity contribution in [1.29, 1.82) is 0 Å². The summed E-state index contributed by atoms with van der Waals surface area (Å²) in [4.78, 5) is 65.0. The highest BCUT2D eigenvalue weighted by atomic mass is 79.9. The van der Waals surface area contributed by atoms with Gasteiger partial charge in [0.1, 0.15) is 24.5 Å². The number of aliphatic carboxylic acids is 1. The van der Waals surface area contributed by atoms with Crippen molar-refractivity contribution in [3.05, 3.63) is 235 Å². The third-order valence-electron chi connectivity index (χ3n) is 22.1. The SMILES string of the molecule is C=CC(=O)OC(C)(C)C.CC[n+]1csc(CCO)c1C.Cc1cc(C(=O)CCC(OO)C(C)(C)C)cc(C)c1C.Cc1cc(C(O)CCC(=O)O)cc(C)c1C.Cc1cc(C(O)CCC(OO)C(C)(C)C)cc(C)c1C.Cc1cc(C2CCC(=O)O2)cc(C)c1C.Cc1cc(C2CCC(O)O2)cc(C)c1C.Cc1cc(C=O)cc(C)c1C.[Br-]. The van der Waals surface area contributed by atoms with Crippen molar-refractivity contribution in [1.82, 2.24) is 0 Å². The molecule has 2 aliphatic heterocycles. The Hall–Kier alpha value is -7.44. The van der Waals surface area contributed by atoms with Gasteiger partial charge in [0.05, 0.1) is 35.4 Å². The number of ether oxygens (including phenoxy) is 3. The van der Waals surface area contributed by atoms with Crippen molar-refractivity contribution in [3.8, 4) is 0 Å². The van der Waals surface area contributed by atoms with E-state index in [1.807, 2.05) is 159 Å². The number of hydrogen-bond acceptors (Lipinski definition) is 17. The first-order valence-electron chi connectivity index (χ1n) is 40.9. The first-order valence-corrected chi connectivity index (χ1v) is 41.8. The number of nitrogens with zero attached hydrogens (tertiary/aromatic N) is 1. The van der Waals surface area contributed by atoms with Crippen molar-refractivity contribution in [2.24, 2.45) is 10.8 Å². The summed E-state index contributed by atoms with van der Waals surface area (Å²) in [6.07, 6.45) is 5.90. The molecule has 0 bridgehead atoms. The highest BCUT2D eigenvalue weighted by molar-refractivity contribution is 7.09. The molecule has 7 N–H and O–H groups in total. The molecular weight excluding hydrogens is 1580 g/mol. The van der Waals surface area contributed by atoms with E-state index in [1.165, 1.54) is 94.0 Å². The number of hydrogen-bond donors (Lipinski definition) is 7. The molecule has 20 heteroatoms. The first kappa shape index (κ1) is 109. The average molecular weight is 1720 g/mol. The van der Waals surface area contributed by atoms with Crippen LogP contribution in [0.3, 0.4) is 0 Å². The van der Waals surface area contributed by atoms with E-state index in [0.29, 0.717) is 32.1 Å². The molecule has 2 saturated heterocycles. The molecule has 0 saturated carbocycles. The number of aromatic nitrogens is 1. The fraction of sp³-hybridized carbons (Fsp3) is 0.531. The second-order valence-electron chi connectivity index (χ2n) is 34.6. The lowest BCUT2D eigenvalue weighted by atomic mass is 9.85. The van der Waals surface area contributed by atoms with E-state index in [2.05, 4.69) is 141 Å². The Morgan fingerprint density at radius 3 is 1.25 bits per heavy atom. The predicted molar refractivity (Wildman–Crippen MR) is 472 cm³/mol. The molecule has 118 heavy (non-hydrogen) atoms. The van der Waals surface area contributed by atoms with Crippen molar-refractivity contribution >= 4 is 41.3 Å². The molecular formula is C98H144BrNO17S. The van der Waals surface area contributed by atoms with Gasteiger partial charge >= 0.3 is 17.9 Å². The number of esters is 2. The van der Waals surface area contributed by atoms with E-state index in [0.717, 1.165) is 94.7 Å². The van der Waals surface area contributed by atoms with Gasteiger partial charge < -0.3 is 56.7 Å². The number of benzene rings is 6. The van der Waals surface area contributed by atoms with Gasteiger partial charge in [0.25, 0.3) is 0 Å². The molecule has 0 amide bonds. The zero-order chi connectivity index (χ0) is 89.5. The number of halogens is 1. The summed E-state index contributed by atoms with van der Waals surface area (Å²) in [5.74, 6) is -1.22. The minimum absolute atomic E-state index is 0. The number of carboxylic acids is 1. The Balaban J connectivity index is 0.000000681. The molecule has 7 atom stereocenters. The first-order chi connectivity index (χ1) is 54.3. The Bertz CT molecular complexity index is 4240. The average Bonchev–Trinajstić information content (AvgIpc) is 1.15. The molecule has 0 aliphatic carbocycles. The number of aryl methyl sites for hydroxylation is 13. The van der Waals surface area contributed by atoms with Crippen LogP contribution in [0, 0.1) is 142 Å². The number of ketones is 1. The lowest BCUT2D eigenvalue weighted by Crippen LogP contribution is -3.00. The van der Waals surface area contributed by atoms with Crippen LogP contribution in [0.5, 0.6) is 0 Å². The molecule has 3 heterocycles. The van der Waals surface area contributed by atoms with Crippen LogP contribution in [0.15, 0.2) is 91.0 Å². The molecule has 18 nitrogen and oxygen atoms in total. The second kappa shape index (κ2) is 51.4. The van der Waals surface area contributed by atoms with E-state index in [1.54, 1.807) is 11.3 Å².